The second-order valence-electron chi connectivity index (χ2n) is 6.68. The molecule has 1 aromatic heterocycles. The maximum Gasteiger partial charge on any atom is 3.00 e. The van der Waals surface area contributed by atoms with Crippen LogP contribution in [0.5, 0.6) is 0 Å². The van der Waals surface area contributed by atoms with Gasteiger partial charge >= 0.3 is 18.6 Å². The summed E-state index contributed by atoms with van der Waals surface area (Å²) in [7, 11) is 3.31. The molecule has 0 aliphatic carbocycles. The van der Waals surface area contributed by atoms with E-state index < -0.39 is 0 Å². The summed E-state index contributed by atoms with van der Waals surface area (Å²) in [4.78, 5) is 13.8. The first-order valence-corrected chi connectivity index (χ1v) is 7.88. The molecule has 2 aliphatic heterocycles. The average molecular weight is 491 g/mol. The number of hydrogen-bond donors (Lipinski definition) is 0. The van der Waals surface area contributed by atoms with Crippen LogP contribution in [0, 0.1) is 0 Å². The maximum atomic E-state index is 5.71. The van der Waals surface area contributed by atoms with Crippen LogP contribution in [0.1, 0.15) is 25.2 Å². The largest absolute Gasteiger partial charge is 3.00 e. The van der Waals surface area contributed by atoms with Gasteiger partial charge < -0.3 is 56.2 Å². The third-order valence-corrected chi connectivity index (χ3v) is 3.88. The summed E-state index contributed by atoms with van der Waals surface area (Å²) in [5, 5.41) is 0. The molecule has 0 saturated heterocycles. The summed E-state index contributed by atoms with van der Waals surface area (Å²) in [6.45, 7) is 5.95. The van der Waals surface area contributed by atoms with E-state index in [4.69, 9.17) is 18.9 Å². The van der Waals surface area contributed by atoms with Crippen molar-refractivity contribution in [2.75, 3.05) is 40.6 Å². The Hall–Kier alpha value is -0.536. The smallest absolute Gasteiger partial charge is 1.00 e. The van der Waals surface area contributed by atoms with Gasteiger partial charge in [-0.15, -0.1) is 0 Å². The number of nitrogens with zero attached hydrogens (tertiary/aromatic N) is 3. The first-order chi connectivity index (χ1) is 11.5. The molecule has 2 aliphatic rings. The Morgan fingerprint density at radius 3 is 1.61 bits per heavy atom. The van der Waals surface area contributed by atoms with E-state index in [9.17, 15) is 0 Å². The van der Waals surface area contributed by atoms with Gasteiger partial charge in [-0.3, -0.25) is 0 Å². The van der Waals surface area contributed by atoms with Crippen LogP contribution in [-0.4, -0.2) is 68.5 Å². The average Bonchev–Trinajstić information content (AvgIpc) is 3.12. The number of pyridine rings is 1. The molecular weight excluding hydrogens is 468 g/mol. The molecule has 0 spiro atoms. The first kappa shape index (κ1) is 29.7. The number of rotatable bonds is 6. The summed E-state index contributed by atoms with van der Waals surface area (Å²) >= 11 is 0. The van der Waals surface area contributed by atoms with E-state index in [1.807, 2.05) is 32.0 Å². The van der Waals surface area contributed by atoms with E-state index in [0.717, 1.165) is 0 Å². The van der Waals surface area contributed by atoms with Gasteiger partial charge in [0.25, 0.3) is 0 Å². The molecule has 2 atom stereocenters. The van der Waals surface area contributed by atoms with Crippen LogP contribution in [0.25, 0.3) is 0 Å². The van der Waals surface area contributed by atoms with Crippen LogP contribution in [0.3, 0.4) is 0 Å². The third kappa shape index (κ3) is 6.76. The van der Waals surface area contributed by atoms with Crippen molar-refractivity contribution in [3.05, 3.63) is 29.6 Å². The van der Waals surface area contributed by atoms with Crippen molar-refractivity contribution in [2.24, 2.45) is 9.98 Å². The Bertz CT molecular complexity index is 642. The SMILES string of the molecule is COCC1(C)COC(c2cccc(C3=NC(C)(COC)CO3)n2)=N1.[Cl-].[Cl-].[Cl-].[V+3]. The molecule has 7 nitrogen and oxygen atoms in total. The van der Waals surface area contributed by atoms with E-state index in [1.54, 1.807) is 14.2 Å². The van der Waals surface area contributed by atoms with Gasteiger partial charge in [0.15, 0.2) is 0 Å². The summed E-state index contributed by atoms with van der Waals surface area (Å²) in [6, 6.07) is 5.63. The fourth-order valence-corrected chi connectivity index (χ4v) is 2.77. The maximum absolute atomic E-state index is 5.71. The Morgan fingerprint density at radius 2 is 1.25 bits per heavy atom. The molecule has 3 heterocycles. The quantitative estimate of drug-likeness (QED) is 0.396. The number of ether oxygens (including phenoxy) is 4. The van der Waals surface area contributed by atoms with Crippen LogP contribution < -0.4 is 37.2 Å². The zero-order valence-electron chi connectivity index (χ0n) is 16.1. The molecule has 2 unspecified atom stereocenters. The van der Waals surface area contributed by atoms with Crippen molar-refractivity contribution in [2.45, 2.75) is 24.9 Å². The van der Waals surface area contributed by atoms with Crippen LogP contribution in [0.15, 0.2) is 28.2 Å². The Kier molecular flexibility index (Phi) is 13.0. The molecular formula is C17H23Cl3N3O4V. The van der Waals surface area contributed by atoms with Crippen molar-refractivity contribution in [1.82, 2.24) is 4.98 Å². The fourth-order valence-electron chi connectivity index (χ4n) is 2.77. The predicted octanol–water partition coefficient (Wildman–Crippen LogP) is -7.55. The van der Waals surface area contributed by atoms with E-state index in [2.05, 4.69) is 15.0 Å². The molecule has 1 aromatic rings. The number of aromatic nitrogens is 1. The molecule has 28 heavy (non-hydrogen) atoms. The summed E-state index contributed by atoms with van der Waals surface area (Å²) < 4.78 is 21.8. The van der Waals surface area contributed by atoms with Gasteiger partial charge in [-0.05, 0) is 26.0 Å². The van der Waals surface area contributed by atoms with Gasteiger partial charge in [-0.1, -0.05) is 6.07 Å². The number of methoxy groups -OCH3 is 2. The van der Waals surface area contributed by atoms with Crippen molar-refractivity contribution in [3.63, 3.8) is 0 Å². The topological polar surface area (TPSA) is 74.5 Å². The van der Waals surface area contributed by atoms with Gasteiger partial charge in [0, 0.05) is 14.2 Å². The van der Waals surface area contributed by atoms with Crippen molar-refractivity contribution < 1.29 is 74.7 Å². The zero-order chi connectivity index (χ0) is 17.2. The molecule has 11 heteroatoms. The fraction of sp³-hybridized carbons (Fsp3) is 0.588. The molecule has 0 saturated carbocycles. The van der Waals surface area contributed by atoms with Gasteiger partial charge in [0.1, 0.15) is 35.7 Å². The second-order valence-corrected chi connectivity index (χ2v) is 6.68. The van der Waals surface area contributed by atoms with Crippen LogP contribution in [0.2, 0.25) is 0 Å². The Morgan fingerprint density at radius 1 is 0.857 bits per heavy atom. The van der Waals surface area contributed by atoms with Gasteiger partial charge in [0.05, 0.1) is 13.2 Å². The Labute approximate surface area is 196 Å². The number of aliphatic imine (C=N–C) groups is 2. The zero-order valence-corrected chi connectivity index (χ0v) is 19.8. The van der Waals surface area contributed by atoms with E-state index in [0.29, 0.717) is 49.6 Å². The minimum atomic E-state index is -0.375. The summed E-state index contributed by atoms with van der Waals surface area (Å²) in [5.74, 6) is 1.05. The molecule has 3 rings (SSSR count). The molecule has 0 amide bonds. The van der Waals surface area contributed by atoms with Crippen molar-refractivity contribution in [1.29, 1.82) is 0 Å². The van der Waals surface area contributed by atoms with Gasteiger partial charge in [-0.25, -0.2) is 15.0 Å². The van der Waals surface area contributed by atoms with E-state index in [-0.39, 0.29) is 66.9 Å². The molecule has 0 N–H and O–H groups in total. The van der Waals surface area contributed by atoms with Crippen molar-refractivity contribution in [3.8, 4) is 0 Å². The van der Waals surface area contributed by atoms with Gasteiger partial charge in [0.2, 0.25) is 11.8 Å². The standard InChI is InChI=1S/C17H23N3O4.3ClH.V/c1-16(8-21-3)10-23-14(19-16)12-6-5-7-13(18-12)15-20-17(2,9-22-4)11-24-15;;;;/h5-7H,8-11H2,1-4H3;3*1H;/q;;;;+3/p-3. The van der Waals surface area contributed by atoms with Gasteiger partial charge in [-0.2, -0.15) is 0 Å². The normalized spacial score (nSPS) is 24.9. The predicted molar refractivity (Wildman–Crippen MR) is 89.8 cm³/mol. The van der Waals surface area contributed by atoms with Crippen molar-refractivity contribution >= 4 is 11.8 Å². The molecule has 0 bridgehead atoms. The van der Waals surface area contributed by atoms with Crippen LogP contribution >= 0.6 is 0 Å². The Balaban J connectivity index is 0. The monoisotopic (exact) mass is 489 g/mol. The van der Waals surface area contributed by atoms with E-state index >= 15 is 0 Å². The summed E-state index contributed by atoms with van der Waals surface area (Å²) in [5.41, 5.74) is 0.582. The van der Waals surface area contributed by atoms with Crippen LogP contribution in [0.4, 0.5) is 0 Å². The molecule has 156 valence electrons. The molecule has 0 radical (unpaired) electrons. The molecule has 0 aromatic carbocycles. The minimum Gasteiger partial charge on any atom is -1.00 e. The number of hydrogen-bond acceptors (Lipinski definition) is 7. The van der Waals surface area contributed by atoms with E-state index in [1.165, 1.54) is 0 Å². The molecule has 0 fully saturated rings. The first-order valence-electron chi connectivity index (χ1n) is 7.88. The second kappa shape index (κ2) is 12.2. The summed E-state index contributed by atoms with van der Waals surface area (Å²) in [6.07, 6.45) is 0. The third-order valence-electron chi connectivity index (χ3n) is 3.88. The minimum absolute atomic E-state index is 0. The number of halogens is 3. The van der Waals surface area contributed by atoms with Crippen LogP contribution in [-0.2, 0) is 37.5 Å².